The van der Waals surface area contributed by atoms with Gasteiger partial charge >= 0.3 is 5.97 Å². The van der Waals surface area contributed by atoms with E-state index >= 15 is 0 Å². The lowest BCUT2D eigenvalue weighted by molar-refractivity contribution is 0.0697. The largest absolute Gasteiger partial charge is 0.478 e. The molecule has 0 aromatic carbocycles. The number of carbonyl (C=O) groups is 1. The monoisotopic (exact) mass is 190 g/mol. The molecule has 0 radical (unpaired) electrons. The number of anilines is 1. The Kier molecular flexibility index (Phi) is 3.08. The molecule has 0 spiro atoms. The number of aromatic nitrogens is 1. The Hall–Kier alpha value is -2.02. The maximum atomic E-state index is 10.8. The van der Waals surface area contributed by atoms with Crippen molar-refractivity contribution in [1.29, 1.82) is 0 Å². The zero-order chi connectivity index (χ0) is 10.6. The highest BCUT2D eigenvalue weighted by atomic mass is 16.4. The summed E-state index contributed by atoms with van der Waals surface area (Å²) in [5.74, 6) is 1.36. The third kappa shape index (κ3) is 2.23. The molecule has 0 aliphatic rings. The lowest BCUT2D eigenvalue weighted by atomic mass is 10.2. The molecule has 2 N–H and O–H groups in total. The van der Waals surface area contributed by atoms with Gasteiger partial charge in [-0.2, -0.15) is 0 Å². The van der Waals surface area contributed by atoms with Gasteiger partial charge < -0.3 is 10.4 Å². The minimum atomic E-state index is -1.02. The van der Waals surface area contributed by atoms with Crippen molar-refractivity contribution >= 4 is 11.7 Å². The van der Waals surface area contributed by atoms with E-state index in [1.54, 1.807) is 13.0 Å². The van der Waals surface area contributed by atoms with Gasteiger partial charge in [-0.25, -0.2) is 4.79 Å². The normalized spacial score (nSPS) is 9.14. The molecule has 4 nitrogen and oxygen atoms in total. The van der Waals surface area contributed by atoms with Gasteiger partial charge in [0.05, 0.1) is 12.2 Å². The maximum Gasteiger partial charge on any atom is 0.339 e. The number of terminal acetylenes is 1. The molecular formula is C10H10N2O2. The Bertz CT molecular complexity index is 394. The highest BCUT2D eigenvalue weighted by Crippen LogP contribution is 2.14. The standard InChI is InChI=1S/C10H10N2O2/c1-3-4-11-9-5-7(2)12-6-8(9)10(13)14/h1,5-6H,4H2,2H3,(H,11,12)(H,13,14). The van der Waals surface area contributed by atoms with Crippen molar-refractivity contribution in [3.8, 4) is 12.3 Å². The summed E-state index contributed by atoms with van der Waals surface area (Å²) >= 11 is 0. The molecule has 0 aliphatic heterocycles. The first-order chi connectivity index (χ1) is 6.65. The number of carboxylic acid groups (broad SMARTS) is 1. The van der Waals surface area contributed by atoms with E-state index in [1.165, 1.54) is 6.20 Å². The third-order valence-electron chi connectivity index (χ3n) is 1.65. The van der Waals surface area contributed by atoms with Crippen LogP contribution in [0, 0.1) is 19.3 Å². The van der Waals surface area contributed by atoms with Crippen LogP contribution < -0.4 is 5.32 Å². The zero-order valence-electron chi connectivity index (χ0n) is 7.74. The summed E-state index contributed by atoms with van der Waals surface area (Å²) in [4.78, 5) is 14.7. The second kappa shape index (κ2) is 4.28. The minimum Gasteiger partial charge on any atom is -0.478 e. The van der Waals surface area contributed by atoms with Crippen LogP contribution in [0.1, 0.15) is 16.1 Å². The van der Waals surface area contributed by atoms with Crippen LogP contribution in [0.15, 0.2) is 12.3 Å². The van der Waals surface area contributed by atoms with Crippen molar-refractivity contribution in [1.82, 2.24) is 4.98 Å². The second-order valence-electron chi connectivity index (χ2n) is 2.73. The lowest BCUT2D eigenvalue weighted by Crippen LogP contribution is -2.07. The van der Waals surface area contributed by atoms with Gasteiger partial charge in [0.1, 0.15) is 5.56 Å². The maximum absolute atomic E-state index is 10.8. The van der Waals surface area contributed by atoms with Crippen LogP contribution in [0.5, 0.6) is 0 Å². The summed E-state index contributed by atoms with van der Waals surface area (Å²) in [7, 11) is 0. The van der Waals surface area contributed by atoms with E-state index in [0.29, 0.717) is 12.2 Å². The first-order valence-electron chi connectivity index (χ1n) is 4.02. The molecule has 1 heterocycles. The van der Waals surface area contributed by atoms with Crippen molar-refractivity contribution in [2.75, 3.05) is 11.9 Å². The van der Waals surface area contributed by atoms with Gasteiger partial charge in [-0.05, 0) is 13.0 Å². The quantitative estimate of drug-likeness (QED) is 0.701. The summed E-state index contributed by atoms with van der Waals surface area (Å²) < 4.78 is 0. The molecule has 1 aromatic rings. The van der Waals surface area contributed by atoms with Gasteiger partial charge in [0.15, 0.2) is 0 Å². The average Bonchev–Trinajstić information content (AvgIpc) is 2.14. The Morgan fingerprint density at radius 3 is 3.07 bits per heavy atom. The summed E-state index contributed by atoms with van der Waals surface area (Å²) in [5.41, 5.74) is 1.38. The van der Waals surface area contributed by atoms with E-state index in [9.17, 15) is 4.79 Å². The van der Waals surface area contributed by atoms with E-state index in [1.807, 2.05) is 0 Å². The van der Waals surface area contributed by atoms with Gasteiger partial charge in [-0.3, -0.25) is 4.98 Å². The predicted molar refractivity (Wildman–Crippen MR) is 53.3 cm³/mol. The van der Waals surface area contributed by atoms with Crippen LogP contribution in [-0.2, 0) is 0 Å². The fourth-order valence-electron chi connectivity index (χ4n) is 1.02. The van der Waals surface area contributed by atoms with Gasteiger partial charge in [-0.1, -0.05) is 5.92 Å². The van der Waals surface area contributed by atoms with Crippen LogP contribution in [0.25, 0.3) is 0 Å². The van der Waals surface area contributed by atoms with Crippen LogP contribution in [0.4, 0.5) is 5.69 Å². The Morgan fingerprint density at radius 1 is 1.79 bits per heavy atom. The van der Waals surface area contributed by atoms with Crippen LogP contribution in [0.2, 0.25) is 0 Å². The van der Waals surface area contributed by atoms with E-state index < -0.39 is 5.97 Å². The highest BCUT2D eigenvalue weighted by Gasteiger charge is 2.09. The van der Waals surface area contributed by atoms with E-state index in [-0.39, 0.29) is 5.56 Å². The van der Waals surface area contributed by atoms with Crippen molar-refractivity contribution in [2.45, 2.75) is 6.92 Å². The number of carboxylic acids is 1. The Balaban J connectivity index is 3.04. The number of rotatable bonds is 3. The molecule has 0 unspecified atom stereocenters. The first kappa shape index (κ1) is 10.1. The molecule has 0 fully saturated rings. The van der Waals surface area contributed by atoms with Crippen molar-refractivity contribution in [2.24, 2.45) is 0 Å². The van der Waals surface area contributed by atoms with Crippen LogP contribution in [0.3, 0.4) is 0 Å². The van der Waals surface area contributed by atoms with E-state index in [0.717, 1.165) is 5.69 Å². The molecule has 72 valence electrons. The number of hydrogen-bond donors (Lipinski definition) is 2. The summed E-state index contributed by atoms with van der Waals surface area (Å²) in [5, 5.41) is 11.7. The zero-order valence-corrected chi connectivity index (χ0v) is 7.74. The molecule has 0 saturated carbocycles. The molecule has 14 heavy (non-hydrogen) atoms. The molecule has 1 rings (SSSR count). The topological polar surface area (TPSA) is 62.2 Å². The third-order valence-corrected chi connectivity index (χ3v) is 1.65. The summed E-state index contributed by atoms with van der Waals surface area (Å²) in [6.45, 7) is 2.08. The average molecular weight is 190 g/mol. The fraction of sp³-hybridized carbons (Fsp3) is 0.200. The number of pyridine rings is 1. The summed E-state index contributed by atoms with van der Waals surface area (Å²) in [6, 6.07) is 1.65. The van der Waals surface area contributed by atoms with Crippen molar-refractivity contribution in [3.63, 3.8) is 0 Å². The van der Waals surface area contributed by atoms with Crippen molar-refractivity contribution < 1.29 is 9.90 Å². The molecule has 0 bridgehead atoms. The molecule has 0 atom stereocenters. The predicted octanol–water partition coefficient (Wildman–Crippen LogP) is 1.13. The molecule has 0 amide bonds. The molecule has 0 aliphatic carbocycles. The van der Waals surface area contributed by atoms with E-state index in [4.69, 9.17) is 11.5 Å². The number of hydrogen-bond acceptors (Lipinski definition) is 3. The number of nitrogens with zero attached hydrogens (tertiary/aromatic N) is 1. The SMILES string of the molecule is C#CCNc1cc(C)ncc1C(=O)O. The second-order valence-corrected chi connectivity index (χ2v) is 2.73. The highest BCUT2D eigenvalue weighted by molar-refractivity contribution is 5.93. The number of aromatic carboxylic acids is 1. The first-order valence-corrected chi connectivity index (χ1v) is 4.02. The van der Waals surface area contributed by atoms with E-state index in [2.05, 4.69) is 16.2 Å². The van der Waals surface area contributed by atoms with Gasteiger partial charge in [0, 0.05) is 11.9 Å². The Labute approximate surface area is 82.0 Å². The number of nitrogens with one attached hydrogen (secondary N) is 1. The molecule has 4 heteroatoms. The van der Waals surface area contributed by atoms with Crippen molar-refractivity contribution in [3.05, 3.63) is 23.5 Å². The van der Waals surface area contributed by atoms with Gasteiger partial charge in [0.2, 0.25) is 0 Å². The molecular weight excluding hydrogens is 180 g/mol. The molecule has 1 aromatic heterocycles. The minimum absolute atomic E-state index is 0.130. The van der Waals surface area contributed by atoms with Crippen LogP contribution >= 0.6 is 0 Å². The smallest absolute Gasteiger partial charge is 0.339 e. The van der Waals surface area contributed by atoms with Gasteiger partial charge in [-0.15, -0.1) is 6.42 Å². The number of aryl methyl sites for hydroxylation is 1. The molecule has 0 saturated heterocycles. The lowest BCUT2D eigenvalue weighted by Gasteiger charge is -2.06. The van der Waals surface area contributed by atoms with Gasteiger partial charge in [0.25, 0.3) is 0 Å². The fourth-order valence-corrected chi connectivity index (χ4v) is 1.02. The Morgan fingerprint density at radius 2 is 2.50 bits per heavy atom. The van der Waals surface area contributed by atoms with Crippen LogP contribution in [-0.4, -0.2) is 22.6 Å². The summed E-state index contributed by atoms with van der Waals surface area (Å²) in [6.07, 6.45) is 6.38.